The van der Waals surface area contributed by atoms with Gasteiger partial charge in [-0.3, -0.25) is 9.59 Å². The Hall–Kier alpha value is -3.88. The molecular formula is C34H42N4O4. The van der Waals surface area contributed by atoms with E-state index in [1.807, 2.05) is 26.0 Å². The molecule has 1 aromatic heterocycles. The molecule has 0 bridgehead atoms. The van der Waals surface area contributed by atoms with Gasteiger partial charge in [-0.25, -0.2) is 0 Å². The Morgan fingerprint density at radius 1 is 1.05 bits per heavy atom. The molecule has 0 atom stereocenters. The smallest absolute Gasteiger partial charge is 0.253 e. The number of carbonyl (C=O) groups is 1. The van der Waals surface area contributed by atoms with Crippen molar-refractivity contribution < 1.29 is 14.3 Å². The lowest BCUT2D eigenvalue weighted by Gasteiger charge is -2.36. The molecule has 2 N–H and O–H groups in total. The Bertz CT molecular complexity index is 1660. The molecule has 42 heavy (non-hydrogen) atoms. The highest BCUT2D eigenvalue weighted by molar-refractivity contribution is 5.95. The number of anilines is 1. The van der Waals surface area contributed by atoms with E-state index in [0.717, 1.165) is 91.5 Å². The van der Waals surface area contributed by atoms with E-state index >= 15 is 0 Å². The van der Waals surface area contributed by atoms with Crippen molar-refractivity contribution in [3.05, 3.63) is 96.1 Å². The molecule has 2 aliphatic rings. The van der Waals surface area contributed by atoms with Crippen LogP contribution < -0.4 is 26.2 Å². The van der Waals surface area contributed by atoms with Crippen LogP contribution in [0.25, 0.3) is 12.8 Å². The van der Waals surface area contributed by atoms with E-state index in [1.165, 1.54) is 0 Å². The Morgan fingerprint density at radius 2 is 1.74 bits per heavy atom. The quantitative estimate of drug-likeness (QED) is 0.455. The number of amides is 1. The van der Waals surface area contributed by atoms with Crippen molar-refractivity contribution in [1.29, 1.82) is 0 Å². The fraction of sp³-hybridized carbons (Fsp3) is 0.412. The number of morpholine rings is 1. The van der Waals surface area contributed by atoms with Crippen molar-refractivity contribution in [2.24, 2.45) is 0 Å². The fourth-order valence-electron chi connectivity index (χ4n) is 5.95. The summed E-state index contributed by atoms with van der Waals surface area (Å²) in [7, 11) is 0. The molecule has 3 aromatic rings. The lowest BCUT2D eigenvalue weighted by Crippen LogP contribution is -2.42. The summed E-state index contributed by atoms with van der Waals surface area (Å²) < 4.78 is 11.1. The third-order valence-corrected chi connectivity index (χ3v) is 8.29. The van der Waals surface area contributed by atoms with E-state index in [9.17, 15) is 9.59 Å². The van der Waals surface area contributed by atoms with Crippen LogP contribution in [0, 0.1) is 24.3 Å². The van der Waals surface area contributed by atoms with Gasteiger partial charge in [0.15, 0.2) is 0 Å². The van der Waals surface area contributed by atoms with Crippen molar-refractivity contribution in [3.8, 4) is 0 Å². The number of nitrogens with zero attached hydrogens (tertiary/aromatic N) is 2. The number of nitrogens with one attached hydrogen (secondary N) is 2. The van der Waals surface area contributed by atoms with Crippen LogP contribution >= 0.6 is 0 Å². The predicted octanol–water partition coefficient (Wildman–Crippen LogP) is 2.69. The molecule has 3 heterocycles. The van der Waals surface area contributed by atoms with Crippen molar-refractivity contribution in [3.63, 3.8) is 0 Å². The second-order valence-electron chi connectivity index (χ2n) is 11.2. The number of ether oxygens (including phenoxy) is 2. The first-order valence-electron chi connectivity index (χ1n) is 14.9. The minimum absolute atomic E-state index is 0.142. The normalized spacial score (nSPS) is 15.8. The predicted molar refractivity (Wildman–Crippen MR) is 167 cm³/mol. The van der Waals surface area contributed by atoms with Crippen LogP contribution in [0.1, 0.15) is 46.9 Å². The van der Waals surface area contributed by atoms with Gasteiger partial charge in [0.25, 0.3) is 11.5 Å². The van der Waals surface area contributed by atoms with Crippen LogP contribution in [-0.2, 0) is 16.0 Å². The van der Waals surface area contributed by atoms with Gasteiger partial charge < -0.3 is 29.6 Å². The van der Waals surface area contributed by atoms with E-state index in [4.69, 9.17) is 9.47 Å². The van der Waals surface area contributed by atoms with E-state index in [1.54, 1.807) is 0 Å². The third kappa shape index (κ3) is 6.77. The third-order valence-electron chi connectivity index (χ3n) is 8.29. The number of hydrogen-bond donors (Lipinski definition) is 2. The maximum Gasteiger partial charge on any atom is 0.253 e. The van der Waals surface area contributed by atoms with Gasteiger partial charge in [-0.1, -0.05) is 30.8 Å². The van der Waals surface area contributed by atoms with Crippen LogP contribution in [0.4, 0.5) is 5.69 Å². The zero-order valence-corrected chi connectivity index (χ0v) is 25.0. The highest BCUT2D eigenvalue weighted by atomic mass is 16.5. The number of rotatable bonds is 7. The summed E-state index contributed by atoms with van der Waals surface area (Å²) in [6.45, 7) is 16.0. The van der Waals surface area contributed by atoms with E-state index in [-0.39, 0.29) is 18.0 Å². The van der Waals surface area contributed by atoms with E-state index in [0.29, 0.717) is 22.4 Å². The summed E-state index contributed by atoms with van der Waals surface area (Å²) in [5.41, 5.74) is 3.50. The van der Waals surface area contributed by atoms with Gasteiger partial charge in [-0.15, -0.1) is 0 Å². The first-order valence-corrected chi connectivity index (χ1v) is 14.9. The molecule has 2 saturated heterocycles. The minimum atomic E-state index is -0.247. The Kier molecular flexibility index (Phi) is 9.45. The monoisotopic (exact) mass is 570 g/mol. The van der Waals surface area contributed by atoms with Crippen molar-refractivity contribution in [2.75, 3.05) is 51.0 Å². The van der Waals surface area contributed by atoms with Gasteiger partial charge in [0.05, 0.1) is 13.2 Å². The summed E-state index contributed by atoms with van der Waals surface area (Å²) in [5.74, 6) is -0.247. The zero-order chi connectivity index (χ0) is 29.6. The average molecular weight is 571 g/mol. The second kappa shape index (κ2) is 13.4. The number of hydrogen-bond acceptors (Lipinski definition) is 6. The maximum absolute atomic E-state index is 13.7. The Labute approximate surface area is 247 Å². The first kappa shape index (κ1) is 29.6. The average Bonchev–Trinajstić information content (AvgIpc) is 2.99. The highest BCUT2D eigenvalue weighted by Crippen LogP contribution is 2.21. The summed E-state index contributed by atoms with van der Waals surface area (Å²) in [6, 6.07) is 14.8. The van der Waals surface area contributed by atoms with Gasteiger partial charge >= 0.3 is 0 Å². The van der Waals surface area contributed by atoms with Gasteiger partial charge in [0, 0.05) is 79.4 Å². The standard InChI is InChI=1S/C34H42N4O4/c1-5-38(29-10-14-41-15-11-29)32-20-28(27-8-6-26(7-9-27)22-37-12-16-42-17-13-37)19-30(25(32)4)33(39)35-21-31-23(2)18-24(3)36-34(31)40/h6-9,18-20,22,29H,4-5,10-17,21H2,1-3H3,(H,35,39)(H,36,40). The molecule has 0 radical (unpaired) electrons. The van der Waals surface area contributed by atoms with Gasteiger partial charge in [-0.2, -0.15) is 0 Å². The molecule has 1 amide bonds. The Balaban J connectivity index is 1.56. The zero-order valence-electron chi connectivity index (χ0n) is 25.0. The topological polar surface area (TPSA) is 86.9 Å². The molecule has 0 spiro atoms. The number of aromatic amines is 1. The number of pyridine rings is 1. The number of aromatic nitrogens is 1. The van der Waals surface area contributed by atoms with E-state index < -0.39 is 0 Å². The maximum atomic E-state index is 13.7. The number of aryl methyl sites for hydroxylation is 2. The van der Waals surface area contributed by atoms with Crippen molar-refractivity contribution >= 4 is 24.4 Å². The van der Waals surface area contributed by atoms with Crippen LogP contribution in [0.5, 0.6) is 0 Å². The van der Waals surface area contributed by atoms with Gasteiger partial charge in [-0.05, 0) is 73.0 Å². The highest BCUT2D eigenvalue weighted by Gasteiger charge is 2.23. The number of H-pyrrole nitrogens is 1. The second-order valence-corrected chi connectivity index (χ2v) is 11.2. The molecule has 8 heteroatoms. The van der Waals surface area contributed by atoms with Crippen molar-refractivity contribution in [1.82, 2.24) is 15.2 Å². The van der Waals surface area contributed by atoms with Crippen molar-refractivity contribution in [2.45, 2.75) is 46.2 Å². The molecule has 8 nitrogen and oxygen atoms in total. The van der Waals surface area contributed by atoms with Gasteiger partial charge in [0.2, 0.25) is 0 Å². The van der Waals surface area contributed by atoms with Crippen LogP contribution in [0.3, 0.4) is 0 Å². The van der Waals surface area contributed by atoms with Crippen LogP contribution in [0.2, 0.25) is 0 Å². The fourth-order valence-corrected chi connectivity index (χ4v) is 5.95. The molecule has 2 aliphatic heterocycles. The number of carbonyl (C=O) groups excluding carboxylic acids is 1. The van der Waals surface area contributed by atoms with Gasteiger partial charge in [0.1, 0.15) is 0 Å². The number of benzene rings is 2. The summed E-state index contributed by atoms with van der Waals surface area (Å²) in [5, 5.41) is 6.80. The molecule has 0 saturated carbocycles. The summed E-state index contributed by atoms with van der Waals surface area (Å²) in [6.07, 6.45) is 4.04. The summed E-state index contributed by atoms with van der Waals surface area (Å²) >= 11 is 0. The molecule has 5 rings (SSSR count). The molecular weight excluding hydrogens is 528 g/mol. The molecule has 2 aromatic carbocycles. The summed E-state index contributed by atoms with van der Waals surface area (Å²) in [4.78, 5) is 33.8. The molecule has 222 valence electrons. The molecule has 2 fully saturated rings. The molecule has 0 aliphatic carbocycles. The SMILES string of the molecule is C=c1c(C(=O)NCc2c(C)cc(C)[nH]c2=O)cc(=c2ccc(=CN3CCOCC3)cc2)cc1N(CC)C1CCOCC1. The first-order chi connectivity index (χ1) is 20.3. The lowest BCUT2D eigenvalue weighted by molar-refractivity contribution is 0.0663. The minimum Gasteiger partial charge on any atom is -0.381 e. The van der Waals surface area contributed by atoms with Crippen LogP contribution in [-0.4, -0.2) is 67.9 Å². The largest absolute Gasteiger partial charge is 0.381 e. The lowest BCUT2D eigenvalue weighted by atomic mass is 10.0. The van der Waals surface area contributed by atoms with E-state index in [2.05, 4.69) is 70.1 Å². The van der Waals surface area contributed by atoms with Crippen LogP contribution in [0.15, 0.2) is 47.3 Å². The Morgan fingerprint density at radius 3 is 2.40 bits per heavy atom. The molecule has 0 unspecified atom stereocenters.